The van der Waals surface area contributed by atoms with Crippen molar-refractivity contribution in [2.75, 3.05) is 10.6 Å². The number of pyridine rings is 1. The molecule has 124 valence electrons. The van der Waals surface area contributed by atoms with Gasteiger partial charge in [0.1, 0.15) is 5.15 Å². The highest BCUT2D eigenvalue weighted by molar-refractivity contribution is 6.29. The maximum absolute atomic E-state index is 14.0. The standard InChI is InChI=1S/C16H11ClFN7/c17-14-4-2-11(7-19-14)22-15-12(18)8-20-16(24-15)23-10-1-3-13-9(5-10)6-21-25-13/h1-8H,(H,21,25)(H2,20,22,23,24). The molecule has 0 amide bonds. The van der Waals surface area contributed by atoms with Crippen molar-refractivity contribution in [2.45, 2.75) is 0 Å². The van der Waals surface area contributed by atoms with E-state index in [0.717, 1.165) is 22.8 Å². The second-order valence-electron chi connectivity index (χ2n) is 5.18. The molecule has 0 aliphatic heterocycles. The first-order valence-corrected chi connectivity index (χ1v) is 7.66. The third-order valence-corrected chi connectivity index (χ3v) is 3.65. The summed E-state index contributed by atoms with van der Waals surface area (Å²) in [6.07, 6.45) is 4.30. The van der Waals surface area contributed by atoms with E-state index in [1.165, 1.54) is 6.20 Å². The van der Waals surface area contributed by atoms with Crippen molar-refractivity contribution in [1.82, 2.24) is 25.1 Å². The molecule has 0 aliphatic carbocycles. The summed E-state index contributed by atoms with van der Waals surface area (Å²) in [5, 5.41) is 14.0. The number of rotatable bonds is 4. The second-order valence-corrected chi connectivity index (χ2v) is 5.57. The maximum Gasteiger partial charge on any atom is 0.229 e. The Balaban J connectivity index is 1.58. The summed E-state index contributed by atoms with van der Waals surface area (Å²) in [6.45, 7) is 0. The van der Waals surface area contributed by atoms with Gasteiger partial charge in [-0.2, -0.15) is 10.1 Å². The summed E-state index contributed by atoms with van der Waals surface area (Å²) in [4.78, 5) is 12.1. The zero-order valence-corrected chi connectivity index (χ0v) is 13.4. The van der Waals surface area contributed by atoms with E-state index in [2.05, 4.69) is 35.8 Å². The first kappa shape index (κ1) is 15.3. The average molecular weight is 356 g/mol. The number of benzene rings is 1. The number of H-pyrrole nitrogens is 1. The molecule has 0 saturated heterocycles. The number of aromatic amines is 1. The lowest BCUT2D eigenvalue weighted by Gasteiger charge is -2.09. The molecule has 1 aromatic carbocycles. The van der Waals surface area contributed by atoms with Crippen LogP contribution in [-0.2, 0) is 0 Å². The van der Waals surface area contributed by atoms with E-state index in [-0.39, 0.29) is 11.8 Å². The average Bonchev–Trinajstić information content (AvgIpc) is 3.07. The van der Waals surface area contributed by atoms with Gasteiger partial charge in [0.05, 0.1) is 29.8 Å². The lowest BCUT2D eigenvalue weighted by molar-refractivity contribution is 0.619. The molecular formula is C16H11ClFN7. The van der Waals surface area contributed by atoms with Gasteiger partial charge in [0.15, 0.2) is 11.6 Å². The Hall–Kier alpha value is -3.26. The molecular weight excluding hydrogens is 345 g/mol. The largest absolute Gasteiger partial charge is 0.336 e. The molecule has 0 aliphatic rings. The molecule has 3 aromatic heterocycles. The second kappa shape index (κ2) is 6.33. The van der Waals surface area contributed by atoms with Gasteiger partial charge < -0.3 is 10.6 Å². The SMILES string of the molecule is Fc1cnc(Nc2ccc3[nH]ncc3c2)nc1Nc1ccc(Cl)nc1. The zero-order valence-electron chi connectivity index (χ0n) is 12.7. The van der Waals surface area contributed by atoms with Crippen LogP contribution in [0.4, 0.5) is 27.5 Å². The summed E-state index contributed by atoms with van der Waals surface area (Å²) < 4.78 is 14.0. The van der Waals surface area contributed by atoms with E-state index in [1.54, 1.807) is 18.3 Å². The molecule has 25 heavy (non-hydrogen) atoms. The van der Waals surface area contributed by atoms with Gasteiger partial charge in [0.2, 0.25) is 5.95 Å². The van der Waals surface area contributed by atoms with Gasteiger partial charge in [-0.15, -0.1) is 0 Å². The van der Waals surface area contributed by atoms with Crippen molar-refractivity contribution in [3.63, 3.8) is 0 Å². The lowest BCUT2D eigenvalue weighted by Crippen LogP contribution is -2.03. The highest BCUT2D eigenvalue weighted by Crippen LogP contribution is 2.22. The van der Waals surface area contributed by atoms with E-state index < -0.39 is 5.82 Å². The summed E-state index contributed by atoms with van der Waals surface area (Å²) in [5.74, 6) is -0.287. The molecule has 7 nitrogen and oxygen atoms in total. The van der Waals surface area contributed by atoms with Crippen molar-refractivity contribution >= 4 is 45.6 Å². The van der Waals surface area contributed by atoms with Gasteiger partial charge in [0.25, 0.3) is 0 Å². The van der Waals surface area contributed by atoms with E-state index in [9.17, 15) is 4.39 Å². The van der Waals surface area contributed by atoms with Crippen LogP contribution >= 0.6 is 11.6 Å². The number of aromatic nitrogens is 5. The topological polar surface area (TPSA) is 91.4 Å². The quantitative estimate of drug-likeness (QED) is 0.479. The van der Waals surface area contributed by atoms with Crippen molar-refractivity contribution in [1.29, 1.82) is 0 Å². The number of nitrogens with one attached hydrogen (secondary N) is 3. The summed E-state index contributed by atoms with van der Waals surface area (Å²) in [7, 11) is 0. The van der Waals surface area contributed by atoms with Gasteiger partial charge >= 0.3 is 0 Å². The molecule has 0 radical (unpaired) electrons. The predicted octanol–water partition coefficient (Wildman–Crippen LogP) is 4.03. The molecule has 0 bridgehead atoms. The Morgan fingerprint density at radius 3 is 2.68 bits per heavy atom. The molecule has 4 rings (SSSR count). The maximum atomic E-state index is 14.0. The Bertz CT molecular complexity index is 1030. The van der Waals surface area contributed by atoms with Crippen molar-refractivity contribution < 1.29 is 4.39 Å². The lowest BCUT2D eigenvalue weighted by atomic mass is 10.2. The fraction of sp³-hybridized carbons (Fsp3) is 0. The number of nitrogens with zero attached hydrogens (tertiary/aromatic N) is 4. The molecule has 3 heterocycles. The minimum absolute atomic E-state index is 0.0333. The van der Waals surface area contributed by atoms with E-state index in [4.69, 9.17) is 11.6 Å². The molecule has 9 heteroatoms. The third kappa shape index (κ3) is 3.33. The van der Waals surface area contributed by atoms with Crippen molar-refractivity contribution in [3.05, 3.63) is 59.9 Å². The van der Waals surface area contributed by atoms with Crippen LogP contribution < -0.4 is 10.6 Å². The van der Waals surface area contributed by atoms with Gasteiger partial charge in [-0.1, -0.05) is 11.6 Å². The van der Waals surface area contributed by atoms with Crippen LogP contribution in [0.1, 0.15) is 0 Å². The highest BCUT2D eigenvalue weighted by Gasteiger charge is 2.08. The number of anilines is 4. The van der Waals surface area contributed by atoms with Gasteiger partial charge in [-0.3, -0.25) is 5.10 Å². The van der Waals surface area contributed by atoms with Gasteiger partial charge in [-0.05, 0) is 30.3 Å². The minimum atomic E-state index is -0.578. The summed E-state index contributed by atoms with van der Waals surface area (Å²) in [5.41, 5.74) is 2.25. The number of fused-ring (bicyclic) bond motifs is 1. The van der Waals surface area contributed by atoms with Crippen LogP contribution in [0.5, 0.6) is 0 Å². The number of halogens is 2. The molecule has 0 fully saturated rings. The van der Waals surface area contributed by atoms with E-state index >= 15 is 0 Å². The normalized spacial score (nSPS) is 10.8. The van der Waals surface area contributed by atoms with Gasteiger partial charge in [-0.25, -0.2) is 14.4 Å². The Kier molecular flexibility index (Phi) is 3.87. The predicted molar refractivity (Wildman–Crippen MR) is 93.9 cm³/mol. The first-order chi connectivity index (χ1) is 12.2. The van der Waals surface area contributed by atoms with Crippen LogP contribution in [0.2, 0.25) is 5.15 Å². The van der Waals surface area contributed by atoms with Crippen LogP contribution in [0.25, 0.3) is 10.9 Å². The highest BCUT2D eigenvalue weighted by atomic mass is 35.5. The van der Waals surface area contributed by atoms with Crippen LogP contribution in [0.3, 0.4) is 0 Å². The fourth-order valence-electron chi connectivity index (χ4n) is 2.25. The Morgan fingerprint density at radius 2 is 1.84 bits per heavy atom. The Labute approximate surface area is 146 Å². The smallest absolute Gasteiger partial charge is 0.229 e. The molecule has 0 atom stereocenters. The van der Waals surface area contributed by atoms with Crippen molar-refractivity contribution in [2.24, 2.45) is 0 Å². The monoisotopic (exact) mass is 355 g/mol. The van der Waals surface area contributed by atoms with E-state index in [1.807, 2.05) is 18.2 Å². The van der Waals surface area contributed by atoms with Crippen LogP contribution in [0.15, 0.2) is 48.9 Å². The third-order valence-electron chi connectivity index (χ3n) is 3.43. The van der Waals surface area contributed by atoms with Gasteiger partial charge in [0, 0.05) is 11.1 Å². The number of hydrogen-bond acceptors (Lipinski definition) is 6. The zero-order chi connectivity index (χ0) is 17.2. The summed E-state index contributed by atoms with van der Waals surface area (Å²) >= 11 is 5.74. The first-order valence-electron chi connectivity index (χ1n) is 7.29. The number of hydrogen-bond donors (Lipinski definition) is 3. The van der Waals surface area contributed by atoms with Crippen molar-refractivity contribution in [3.8, 4) is 0 Å². The molecule has 0 saturated carbocycles. The molecule has 0 spiro atoms. The molecule has 4 aromatic rings. The van der Waals surface area contributed by atoms with E-state index in [0.29, 0.717) is 10.8 Å². The summed E-state index contributed by atoms with van der Waals surface area (Å²) in [6, 6.07) is 8.90. The Morgan fingerprint density at radius 1 is 0.960 bits per heavy atom. The fourth-order valence-corrected chi connectivity index (χ4v) is 2.36. The van der Waals surface area contributed by atoms with Crippen LogP contribution in [-0.4, -0.2) is 25.1 Å². The minimum Gasteiger partial charge on any atom is -0.336 e. The molecule has 0 unspecified atom stereocenters. The molecule has 3 N–H and O–H groups in total. The van der Waals surface area contributed by atoms with Crippen LogP contribution in [0, 0.1) is 5.82 Å².